The Kier molecular flexibility index (Phi) is 3.34. The summed E-state index contributed by atoms with van der Waals surface area (Å²) in [5, 5.41) is 0. The summed E-state index contributed by atoms with van der Waals surface area (Å²) in [5.41, 5.74) is 7.69. The van der Waals surface area contributed by atoms with Crippen molar-refractivity contribution in [1.29, 1.82) is 0 Å². The molecule has 0 radical (unpaired) electrons. The van der Waals surface area contributed by atoms with Crippen LogP contribution in [-0.2, 0) is 0 Å². The van der Waals surface area contributed by atoms with Gasteiger partial charge in [-0.15, -0.1) is 0 Å². The fourth-order valence-electron chi connectivity index (χ4n) is 3.23. The molecule has 1 heterocycles. The number of para-hydroxylation sites is 2. The highest BCUT2D eigenvalue weighted by molar-refractivity contribution is 5.74. The molecule has 19 heavy (non-hydrogen) atoms. The van der Waals surface area contributed by atoms with E-state index in [0.717, 1.165) is 23.9 Å². The van der Waals surface area contributed by atoms with Gasteiger partial charge >= 0.3 is 0 Å². The van der Waals surface area contributed by atoms with Crippen molar-refractivity contribution >= 4 is 11.0 Å². The Morgan fingerprint density at radius 3 is 2.89 bits per heavy atom. The summed E-state index contributed by atoms with van der Waals surface area (Å²) >= 11 is 0. The number of aromatic nitrogens is 2. The molecule has 2 aromatic rings. The number of nitrogens with two attached hydrogens (primary N) is 1. The van der Waals surface area contributed by atoms with Gasteiger partial charge < -0.3 is 10.3 Å². The third-order valence-electron chi connectivity index (χ3n) is 4.20. The molecule has 2 unspecified atom stereocenters. The van der Waals surface area contributed by atoms with E-state index in [-0.39, 0.29) is 11.6 Å². The van der Waals surface area contributed by atoms with Crippen LogP contribution in [0.3, 0.4) is 0 Å². The lowest BCUT2D eigenvalue weighted by Crippen LogP contribution is -2.35. The van der Waals surface area contributed by atoms with Crippen LogP contribution in [-0.4, -0.2) is 16.1 Å². The normalized spacial score (nSPS) is 23.6. The van der Waals surface area contributed by atoms with E-state index in [4.69, 9.17) is 5.73 Å². The summed E-state index contributed by atoms with van der Waals surface area (Å²) in [5.74, 6) is 0.400. The molecular formula is C15H19N3O. The van der Waals surface area contributed by atoms with Crippen molar-refractivity contribution in [2.24, 2.45) is 11.7 Å². The highest BCUT2D eigenvalue weighted by atomic mass is 16.1. The van der Waals surface area contributed by atoms with Crippen LogP contribution in [0.5, 0.6) is 0 Å². The predicted octanol–water partition coefficient (Wildman–Crippen LogP) is 2.09. The summed E-state index contributed by atoms with van der Waals surface area (Å²) in [4.78, 5) is 16.5. The number of fused-ring (bicyclic) bond motifs is 1. The van der Waals surface area contributed by atoms with Gasteiger partial charge in [0.2, 0.25) is 0 Å². The molecule has 1 aliphatic carbocycles. The highest BCUT2D eigenvalue weighted by Gasteiger charge is 2.27. The van der Waals surface area contributed by atoms with E-state index in [9.17, 15) is 4.79 Å². The van der Waals surface area contributed by atoms with E-state index in [2.05, 4.69) is 4.98 Å². The fourth-order valence-corrected chi connectivity index (χ4v) is 3.23. The van der Waals surface area contributed by atoms with Crippen molar-refractivity contribution in [1.82, 2.24) is 9.55 Å². The van der Waals surface area contributed by atoms with Gasteiger partial charge in [0.15, 0.2) is 0 Å². The van der Waals surface area contributed by atoms with Gasteiger partial charge in [-0.2, -0.15) is 0 Å². The molecule has 0 aliphatic heterocycles. The number of hydrogen-bond donors (Lipinski definition) is 1. The van der Waals surface area contributed by atoms with Crippen LogP contribution < -0.4 is 11.3 Å². The van der Waals surface area contributed by atoms with Crippen LogP contribution in [0.4, 0.5) is 0 Å². The number of benzene rings is 1. The largest absolute Gasteiger partial charge is 0.330 e. The van der Waals surface area contributed by atoms with Gasteiger partial charge in [0.05, 0.1) is 17.2 Å². The van der Waals surface area contributed by atoms with Crippen LogP contribution in [0.2, 0.25) is 0 Å². The van der Waals surface area contributed by atoms with E-state index in [1.165, 1.54) is 19.0 Å². The minimum absolute atomic E-state index is 0.0101. The summed E-state index contributed by atoms with van der Waals surface area (Å²) in [6.45, 7) is 0.647. The van der Waals surface area contributed by atoms with Crippen LogP contribution in [0.15, 0.2) is 35.3 Å². The van der Waals surface area contributed by atoms with Crippen molar-refractivity contribution < 1.29 is 0 Å². The minimum atomic E-state index is -0.0101. The van der Waals surface area contributed by atoms with Gasteiger partial charge in [0, 0.05) is 6.04 Å². The highest BCUT2D eigenvalue weighted by Crippen LogP contribution is 2.33. The molecule has 0 spiro atoms. The average Bonchev–Trinajstić information content (AvgIpc) is 2.47. The second-order valence-electron chi connectivity index (χ2n) is 5.30. The zero-order valence-electron chi connectivity index (χ0n) is 11.0. The zero-order chi connectivity index (χ0) is 13.2. The first kappa shape index (κ1) is 12.4. The lowest BCUT2D eigenvalue weighted by Gasteiger charge is -2.32. The third kappa shape index (κ3) is 2.16. The quantitative estimate of drug-likeness (QED) is 0.896. The summed E-state index contributed by atoms with van der Waals surface area (Å²) < 4.78 is 1.92. The Bertz CT molecular complexity index is 635. The molecule has 2 atom stereocenters. The predicted molar refractivity (Wildman–Crippen MR) is 76.1 cm³/mol. The van der Waals surface area contributed by atoms with Crippen molar-refractivity contribution in [3.05, 3.63) is 40.8 Å². The van der Waals surface area contributed by atoms with Gasteiger partial charge in [-0.3, -0.25) is 4.79 Å². The molecular weight excluding hydrogens is 238 g/mol. The Labute approximate surface area is 112 Å². The van der Waals surface area contributed by atoms with Gasteiger partial charge in [0.25, 0.3) is 5.56 Å². The Morgan fingerprint density at radius 2 is 2.05 bits per heavy atom. The molecule has 1 saturated carbocycles. The summed E-state index contributed by atoms with van der Waals surface area (Å²) in [6.07, 6.45) is 5.98. The molecule has 0 amide bonds. The topological polar surface area (TPSA) is 60.9 Å². The SMILES string of the molecule is NCC1CCCCC1n1c(=O)cnc2ccccc21. The van der Waals surface area contributed by atoms with Crippen LogP contribution in [0.25, 0.3) is 11.0 Å². The van der Waals surface area contributed by atoms with Gasteiger partial charge in [-0.05, 0) is 37.4 Å². The minimum Gasteiger partial charge on any atom is -0.330 e. The van der Waals surface area contributed by atoms with Crippen LogP contribution >= 0.6 is 0 Å². The van der Waals surface area contributed by atoms with Crippen LogP contribution in [0.1, 0.15) is 31.7 Å². The van der Waals surface area contributed by atoms with Crippen molar-refractivity contribution in [3.63, 3.8) is 0 Å². The smallest absolute Gasteiger partial charge is 0.269 e. The maximum Gasteiger partial charge on any atom is 0.269 e. The average molecular weight is 257 g/mol. The number of nitrogens with zero attached hydrogens (tertiary/aromatic N) is 2. The molecule has 4 nitrogen and oxygen atoms in total. The lowest BCUT2D eigenvalue weighted by molar-refractivity contribution is 0.245. The molecule has 2 N–H and O–H groups in total. The third-order valence-corrected chi connectivity index (χ3v) is 4.20. The van der Waals surface area contributed by atoms with Crippen molar-refractivity contribution in [2.75, 3.05) is 6.54 Å². The summed E-state index contributed by atoms with van der Waals surface area (Å²) in [6, 6.07) is 8.06. The molecule has 0 saturated heterocycles. The van der Waals surface area contributed by atoms with Crippen molar-refractivity contribution in [3.8, 4) is 0 Å². The van der Waals surface area contributed by atoms with Gasteiger partial charge in [-0.25, -0.2) is 4.98 Å². The Morgan fingerprint density at radius 1 is 1.26 bits per heavy atom. The molecule has 4 heteroatoms. The zero-order valence-corrected chi connectivity index (χ0v) is 11.0. The fraction of sp³-hybridized carbons (Fsp3) is 0.467. The summed E-state index contributed by atoms with van der Waals surface area (Å²) in [7, 11) is 0. The molecule has 1 fully saturated rings. The second kappa shape index (κ2) is 5.13. The Hall–Kier alpha value is -1.68. The van der Waals surface area contributed by atoms with E-state index in [1.807, 2.05) is 28.8 Å². The number of hydrogen-bond acceptors (Lipinski definition) is 3. The molecule has 1 aliphatic rings. The lowest BCUT2D eigenvalue weighted by atomic mass is 9.84. The molecule has 1 aromatic heterocycles. The first-order valence-corrected chi connectivity index (χ1v) is 6.97. The Balaban J connectivity index is 2.17. The van der Waals surface area contributed by atoms with E-state index in [1.54, 1.807) is 0 Å². The first-order valence-electron chi connectivity index (χ1n) is 6.97. The van der Waals surface area contributed by atoms with Gasteiger partial charge in [-0.1, -0.05) is 25.0 Å². The maximum absolute atomic E-state index is 12.3. The molecule has 0 bridgehead atoms. The van der Waals surface area contributed by atoms with Crippen molar-refractivity contribution in [2.45, 2.75) is 31.7 Å². The molecule has 3 rings (SSSR count). The van der Waals surface area contributed by atoms with E-state index >= 15 is 0 Å². The van der Waals surface area contributed by atoms with Gasteiger partial charge in [0.1, 0.15) is 0 Å². The van der Waals surface area contributed by atoms with E-state index in [0.29, 0.717) is 12.5 Å². The maximum atomic E-state index is 12.3. The first-order chi connectivity index (χ1) is 9.31. The monoisotopic (exact) mass is 257 g/mol. The van der Waals surface area contributed by atoms with Crippen LogP contribution in [0, 0.1) is 5.92 Å². The molecule has 100 valence electrons. The standard InChI is InChI=1S/C15H19N3O/c16-9-11-5-1-3-7-13(11)18-14-8-4-2-6-12(14)17-10-15(18)19/h2,4,6,8,10-11,13H,1,3,5,7,9,16H2. The molecule has 1 aromatic carbocycles. The van der Waals surface area contributed by atoms with E-state index < -0.39 is 0 Å². The number of rotatable bonds is 2. The second-order valence-corrected chi connectivity index (χ2v) is 5.30.